The Labute approximate surface area is 136 Å². The molecule has 4 heteroatoms. The second-order valence-electron chi connectivity index (χ2n) is 5.56. The van der Waals surface area contributed by atoms with Crippen LogP contribution in [0.2, 0.25) is 0 Å². The van der Waals surface area contributed by atoms with Crippen LogP contribution in [-0.4, -0.2) is 25.5 Å². The zero-order valence-electron chi connectivity index (χ0n) is 13.5. The summed E-state index contributed by atoms with van der Waals surface area (Å²) in [5, 5.41) is 5.15. The molecule has 0 atom stereocenters. The molecule has 0 aliphatic carbocycles. The highest BCUT2D eigenvalue weighted by Gasteiger charge is 2.05. The minimum absolute atomic E-state index is 0.0367. The monoisotopic (exact) mass is 313 g/mol. The first-order chi connectivity index (χ1) is 11.2. The predicted molar refractivity (Wildman–Crippen MR) is 91.4 cm³/mol. The zero-order chi connectivity index (χ0) is 16.5. The quantitative estimate of drug-likeness (QED) is 0.597. The molecule has 122 valence electrons. The summed E-state index contributed by atoms with van der Waals surface area (Å²) in [5.74, 6) is -0.195. The lowest BCUT2D eigenvalue weighted by atomic mass is 10.1. The molecule has 0 aliphatic rings. The van der Waals surface area contributed by atoms with Crippen molar-refractivity contribution < 1.29 is 14.3 Å². The fraction of sp³-hybridized carbons (Fsp3) is 0.368. The van der Waals surface area contributed by atoms with E-state index in [1.165, 1.54) is 7.11 Å². The van der Waals surface area contributed by atoms with Gasteiger partial charge in [-0.3, -0.25) is 9.59 Å². The lowest BCUT2D eigenvalue weighted by Crippen LogP contribution is -2.24. The van der Waals surface area contributed by atoms with Crippen molar-refractivity contribution in [3.05, 3.63) is 48.0 Å². The maximum atomic E-state index is 12.1. The number of carbonyl (C=O) groups is 2. The topological polar surface area (TPSA) is 55.4 Å². The van der Waals surface area contributed by atoms with Crippen LogP contribution in [0.4, 0.5) is 0 Å². The van der Waals surface area contributed by atoms with E-state index in [0.29, 0.717) is 18.5 Å². The fourth-order valence-electron chi connectivity index (χ4n) is 2.48. The van der Waals surface area contributed by atoms with Gasteiger partial charge in [0.25, 0.3) is 5.91 Å². The molecular formula is C19H23NO3. The Hall–Kier alpha value is -2.36. The van der Waals surface area contributed by atoms with Gasteiger partial charge in [0, 0.05) is 18.5 Å². The van der Waals surface area contributed by atoms with Gasteiger partial charge in [0.2, 0.25) is 0 Å². The molecule has 2 aromatic carbocycles. The van der Waals surface area contributed by atoms with Crippen molar-refractivity contribution in [2.24, 2.45) is 0 Å². The van der Waals surface area contributed by atoms with Crippen molar-refractivity contribution in [1.82, 2.24) is 5.32 Å². The van der Waals surface area contributed by atoms with Gasteiger partial charge in [-0.15, -0.1) is 0 Å². The van der Waals surface area contributed by atoms with Gasteiger partial charge >= 0.3 is 5.97 Å². The SMILES string of the molecule is COC(=O)CCCCCCNC(=O)c1ccc2ccccc2c1. The van der Waals surface area contributed by atoms with Gasteiger partial charge in [-0.25, -0.2) is 0 Å². The third kappa shape index (κ3) is 5.40. The Morgan fingerprint density at radius 1 is 0.957 bits per heavy atom. The van der Waals surface area contributed by atoms with Crippen LogP contribution in [0.25, 0.3) is 10.8 Å². The summed E-state index contributed by atoms with van der Waals surface area (Å²) in [7, 11) is 1.41. The van der Waals surface area contributed by atoms with Crippen molar-refractivity contribution >= 4 is 22.6 Å². The molecule has 1 N–H and O–H groups in total. The second-order valence-corrected chi connectivity index (χ2v) is 5.56. The summed E-state index contributed by atoms with van der Waals surface area (Å²) >= 11 is 0. The lowest BCUT2D eigenvalue weighted by molar-refractivity contribution is -0.140. The van der Waals surface area contributed by atoms with Crippen LogP contribution in [-0.2, 0) is 9.53 Å². The first-order valence-corrected chi connectivity index (χ1v) is 8.04. The third-order valence-corrected chi connectivity index (χ3v) is 3.83. The second kappa shape index (κ2) is 8.93. The van der Waals surface area contributed by atoms with Crippen molar-refractivity contribution in [1.29, 1.82) is 0 Å². The van der Waals surface area contributed by atoms with Crippen LogP contribution >= 0.6 is 0 Å². The van der Waals surface area contributed by atoms with Crippen LogP contribution in [0, 0.1) is 0 Å². The smallest absolute Gasteiger partial charge is 0.305 e. The highest BCUT2D eigenvalue weighted by Crippen LogP contribution is 2.15. The molecule has 0 radical (unpaired) electrons. The zero-order valence-corrected chi connectivity index (χ0v) is 13.5. The number of carbonyl (C=O) groups excluding carboxylic acids is 2. The molecule has 0 bridgehead atoms. The molecule has 4 nitrogen and oxygen atoms in total. The minimum Gasteiger partial charge on any atom is -0.469 e. The molecule has 0 unspecified atom stereocenters. The number of benzene rings is 2. The maximum Gasteiger partial charge on any atom is 0.305 e. The largest absolute Gasteiger partial charge is 0.469 e. The minimum atomic E-state index is -0.158. The maximum absolute atomic E-state index is 12.1. The van der Waals surface area contributed by atoms with Crippen LogP contribution < -0.4 is 5.32 Å². The van der Waals surface area contributed by atoms with E-state index < -0.39 is 0 Å². The van der Waals surface area contributed by atoms with Crippen molar-refractivity contribution in [2.45, 2.75) is 32.1 Å². The number of ether oxygens (including phenoxy) is 1. The predicted octanol–water partition coefficient (Wildman–Crippen LogP) is 3.69. The molecule has 2 aromatic rings. The van der Waals surface area contributed by atoms with Gasteiger partial charge in [0.05, 0.1) is 7.11 Å². The molecule has 0 fully saturated rings. The number of unbranched alkanes of at least 4 members (excludes halogenated alkanes) is 3. The molecular weight excluding hydrogens is 290 g/mol. The fourth-order valence-corrected chi connectivity index (χ4v) is 2.48. The highest BCUT2D eigenvalue weighted by atomic mass is 16.5. The average molecular weight is 313 g/mol. The Balaban J connectivity index is 1.69. The van der Waals surface area contributed by atoms with Crippen molar-refractivity contribution in [3.8, 4) is 0 Å². The van der Waals surface area contributed by atoms with Crippen LogP contribution in [0.15, 0.2) is 42.5 Å². The normalized spacial score (nSPS) is 10.5. The number of amides is 1. The number of esters is 1. The number of methoxy groups -OCH3 is 1. The molecule has 1 amide bonds. The summed E-state index contributed by atoms with van der Waals surface area (Å²) in [5.41, 5.74) is 0.689. The van der Waals surface area contributed by atoms with Crippen molar-refractivity contribution in [2.75, 3.05) is 13.7 Å². The summed E-state index contributed by atoms with van der Waals surface area (Å²) < 4.78 is 4.59. The Morgan fingerprint density at radius 2 is 1.70 bits per heavy atom. The molecule has 2 rings (SSSR count). The number of hydrogen-bond acceptors (Lipinski definition) is 3. The number of nitrogens with one attached hydrogen (secondary N) is 1. The summed E-state index contributed by atoms with van der Waals surface area (Å²) in [4.78, 5) is 23.1. The highest BCUT2D eigenvalue weighted by molar-refractivity contribution is 5.98. The van der Waals surface area contributed by atoms with E-state index in [1.807, 2.05) is 42.5 Å². The number of fused-ring (bicyclic) bond motifs is 1. The van der Waals surface area contributed by atoms with Crippen LogP contribution in [0.5, 0.6) is 0 Å². The molecule has 0 aliphatic heterocycles. The molecule has 23 heavy (non-hydrogen) atoms. The molecule has 0 spiro atoms. The first kappa shape index (κ1) is 17.0. The summed E-state index contributed by atoms with van der Waals surface area (Å²) in [6.45, 7) is 0.657. The van der Waals surface area contributed by atoms with E-state index in [9.17, 15) is 9.59 Å². The molecule has 0 heterocycles. The molecule has 0 aromatic heterocycles. The summed E-state index contributed by atoms with van der Waals surface area (Å²) in [6.07, 6.45) is 4.20. The van der Waals surface area contributed by atoms with Gasteiger partial charge in [0.15, 0.2) is 0 Å². The van der Waals surface area contributed by atoms with E-state index in [0.717, 1.165) is 36.5 Å². The van der Waals surface area contributed by atoms with Crippen LogP contribution in [0.3, 0.4) is 0 Å². The van der Waals surface area contributed by atoms with E-state index in [1.54, 1.807) is 0 Å². The Kier molecular flexibility index (Phi) is 6.60. The first-order valence-electron chi connectivity index (χ1n) is 8.04. The van der Waals surface area contributed by atoms with E-state index in [-0.39, 0.29) is 11.9 Å². The van der Waals surface area contributed by atoms with Gasteiger partial charge in [-0.05, 0) is 35.7 Å². The lowest BCUT2D eigenvalue weighted by Gasteiger charge is -2.06. The van der Waals surface area contributed by atoms with E-state index in [2.05, 4.69) is 10.1 Å². The van der Waals surface area contributed by atoms with Gasteiger partial charge in [-0.1, -0.05) is 43.2 Å². The van der Waals surface area contributed by atoms with Gasteiger partial charge in [0.1, 0.15) is 0 Å². The van der Waals surface area contributed by atoms with Crippen LogP contribution in [0.1, 0.15) is 42.5 Å². The molecule has 0 saturated heterocycles. The third-order valence-electron chi connectivity index (χ3n) is 3.83. The Morgan fingerprint density at radius 3 is 2.48 bits per heavy atom. The van der Waals surface area contributed by atoms with Gasteiger partial charge in [-0.2, -0.15) is 0 Å². The molecule has 0 saturated carbocycles. The average Bonchev–Trinajstić information content (AvgIpc) is 2.60. The Bertz CT molecular complexity index is 666. The standard InChI is InChI=1S/C19H23NO3/c1-23-18(21)10-4-2-3-7-13-20-19(22)17-12-11-15-8-5-6-9-16(15)14-17/h5-6,8-9,11-12,14H,2-4,7,10,13H2,1H3,(H,20,22). The number of hydrogen-bond donors (Lipinski definition) is 1. The van der Waals surface area contributed by atoms with Crippen molar-refractivity contribution in [3.63, 3.8) is 0 Å². The van der Waals surface area contributed by atoms with E-state index in [4.69, 9.17) is 0 Å². The van der Waals surface area contributed by atoms with Gasteiger partial charge < -0.3 is 10.1 Å². The van der Waals surface area contributed by atoms with E-state index >= 15 is 0 Å². The summed E-state index contributed by atoms with van der Waals surface area (Å²) in [6, 6.07) is 13.7. The number of rotatable bonds is 8.